The summed E-state index contributed by atoms with van der Waals surface area (Å²) in [6.07, 6.45) is 0. The van der Waals surface area contributed by atoms with Crippen molar-refractivity contribution >= 4 is 11.8 Å². The van der Waals surface area contributed by atoms with E-state index in [0.717, 1.165) is 5.56 Å². The van der Waals surface area contributed by atoms with Crippen molar-refractivity contribution in [1.82, 2.24) is 5.32 Å². The van der Waals surface area contributed by atoms with Gasteiger partial charge >= 0.3 is 5.97 Å². The highest BCUT2D eigenvalue weighted by molar-refractivity contribution is 5.87. The van der Waals surface area contributed by atoms with E-state index in [1.54, 1.807) is 13.8 Å². The summed E-state index contributed by atoms with van der Waals surface area (Å²) in [6.45, 7) is 5.82. The Hall–Kier alpha value is -1.68. The second-order valence-electron chi connectivity index (χ2n) is 4.50. The molecule has 1 N–H and O–H groups in total. The van der Waals surface area contributed by atoms with Gasteiger partial charge in [0.2, 0.25) is 0 Å². The fourth-order valence-corrected chi connectivity index (χ4v) is 1.75. The third kappa shape index (κ3) is 4.83. The molecule has 0 saturated heterocycles. The van der Waals surface area contributed by atoms with Crippen LogP contribution >= 0.6 is 0 Å². The summed E-state index contributed by atoms with van der Waals surface area (Å²) in [5.74, 6) is -0.803. The van der Waals surface area contributed by atoms with Gasteiger partial charge in [0.25, 0.3) is 0 Å². The lowest BCUT2D eigenvalue weighted by Crippen LogP contribution is -2.45. The zero-order valence-corrected chi connectivity index (χ0v) is 11.7. The first kappa shape index (κ1) is 15.4. The molecule has 2 unspecified atom stereocenters. The van der Waals surface area contributed by atoms with E-state index in [9.17, 15) is 9.59 Å². The van der Waals surface area contributed by atoms with Gasteiger partial charge in [0.1, 0.15) is 11.8 Å². The Morgan fingerprint density at radius 2 is 1.89 bits per heavy atom. The second-order valence-corrected chi connectivity index (χ2v) is 4.50. The Morgan fingerprint density at radius 1 is 1.26 bits per heavy atom. The number of esters is 1. The number of hydrogen-bond acceptors (Lipinski definition) is 4. The first-order chi connectivity index (χ1) is 9.06. The molecule has 0 saturated carbocycles. The van der Waals surface area contributed by atoms with Gasteiger partial charge < -0.3 is 4.74 Å². The van der Waals surface area contributed by atoms with Crippen LogP contribution in [0.4, 0.5) is 0 Å². The number of nitrogens with one attached hydrogen (secondary N) is 1. The van der Waals surface area contributed by atoms with Crippen molar-refractivity contribution in [3.8, 4) is 0 Å². The second kappa shape index (κ2) is 7.69. The molecule has 0 radical (unpaired) electrons. The summed E-state index contributed by atoms with van der Waals surface area (Å²) in [5, 5.41) is 3.11. The van der Waals surface area contributed by atoms with Crippen LogP contribution in [0.15, 0.2) is 30.3 Å². The molecule has 0 aromatic heterocycles. The Labute approximate surface area is 114 Å². The zero-order chi connectivity index (χ0) is 14.3. The normalized spacial score (nSPS) is 13.6. The SMILES string of the molecule is CCOC(=O)C(NCc1ccccc1)C(C)C(C)=O. The maximum absolute atomic E-state index is 11.9. The Morgan fingerprint density at radius 3 is 2.42 bits per heavy atom. The smallest absolute Gasteiger partial charge is 0.323 e. The Bertz CT molecular complexity index is 417. The van der Waals surface area contributed by atoms with Gasteiger partial charge in [0.15, 0.2) is 0 Å². The van der Waals surface area contributed by atoms with Gasteiger partial charge in [-0.2, -0.15) is 0 Å². The van der Waals surface area contributed by atoms with Crippen LogP contribution < -0.4 is 5.32 Å². The molecular weight excluding hydrogens is 242 g/mol. The van der Waals surface area contributed by atoms with Crippen LogP contribution in [-0.2, 0) is 20.9 Å². The van der Waals surface area contributed by atoms with E-state index in [0.29, 0.717) is 13.2 Å². The van der Waals surface area contributed by atoms with Crippen molar-refractivity contribution in [2.75, 3.05) is 6.61 Å². The predicted molar refractivity (Wildman–Crippen MR) is 73.5 cm³/mol. The molecule has 19 heavy (non-hydrogen) atoms. The van der Waals surface area contributed by atoms with Gasteiger partial charge in [0, 0.05) is 12.5 Å². The van der Waals surface area contributed by atoms with E-state index in [1.165, 1.54) is 6.92 Å². The van der Waals surface area contributed by atoms with Crippen LogP contribution in [0.3, 0.4) is 0 Å². The standard InChI is InChI=1S/C15H21NO3/c1-4-19-15(18)14(11(2)12(3)17)16-10-13-8-6-5-7-9-13/h5-9,11,14,16H,4,10H2,1-3H3. The minimum Gasteiger partial charge on any atom is -0.465 e. The van der Waals surface area contributed by atoms with E-state index in [4.69, 9.17) is 4.74 Å². The number of carbonyl (C=O) groups is 2. The molecule has 2 atom stereocenters. The molecule has 0 fully saturated rings. The Kier molecular flexibility index (Phi) is 6.22. The minimum atomic E-state index is -0.599. The molecule has 0 amide bonds. The summed E-state index contributed by atoms with van der Waals surface area (Å²) in [4.78, 5) is 23.3. The molecule has 0 aliphatic carbocycles. The van der Waals surface area contributed by atoms with Gasteiger partial charge in [-0.05, 0) is 19.4 Å². The molecule has 0 spiro atoms. The summed E-state index contributed by atoms with van der Waals surface area (Å²) < 4.78 is 5.01. The predicted octanol–water partition coefficient (Wildman–Crippen LogP) is 1.93. The van der Waals surface area contributed by atoms with Crippen molar-refractivity contribution in [2.24, 2.45) is 5.92 Å². The van der Waals surface area contributed by atoms with E-state index in [1.807, 2.05) is 30.3 Å². The molecule has 4 nitrogen and oxygen atoms in total. The number of rotatable bonds is 7. The zero-order valence-electron chi connectivity index (χ0n) is 11.7. The highest BCUT2D eigenvalue weighted by Crippen LogP contribution is 2.08. The van der Waals surface area contributed by atoms with Crippen LogP contribution in [-0.4, -0.2) is 24.4 Å². The van der Waals surface area contributed by atoms with E-state index in [2.05, 4.69) is 5.32 Å². The van der Waals surface area contributed by atoms with Crippen molar-refractivity contribution in [1.29, 1.82) is 0 Å². The van der Waals surface area contributed by atoms with Crippen LogP contribution in [0.5, 0.6) is 0 Å². The Balaban J connectivity index is 2.69. The average Bonchev–Trinajstić information content (AvgIpc) is 2.40. The summed E-state index contributed by atoms with van der Waals surface area (Å²) >= 11 is 0. The topological polar surface area (TPSA) is 55.4 Å². The fourth-order valence-electron chi connectivity index (χ4n) is 1.75. The van der Waals surface area contributed by atoms with Crippen LogP contribution in [0.25, 0.3) is 0 Å². The maximum atomic E-state index is 11.9. The average molecular weight is 263 g/mol. The number of carbonyl (C=O) groups excluding carboxylic acids is 2. The largest absolute Gasteiger partial charge is 0.465 e. The number of benzene rings is 1. The van der Waals surface area contributed by atoms with E-state index in [-0.39, 0.29) is 11.8 Å². The van der Waals surface area contributed by atoms with E-state index >= 15 is 0 Å². The number of ketones is 1. The summed E-state index contributed by atoms with van der Waals surface area (Å²) in [5.41, 5.74) is 1.06. The molecular formula is C15H21NO3. The molecule has 4 heteroatoms. The lowest BCUT2D eigenvalue weighted by molar-refractivity contribution is -0.148. The van der Waals surface area contributed by atoms with Crippen molar-refractivity contribution in [2.45, 2.75) is 33.4 Å². The number of ether oxygens (including phenoxy) is 1. The third-order valence-corrected chi connectivity index (χ3v) is 3.05. The summed E-state index contributed by atoms with van der Waals surface area (Å²) in [7, 11) is 0. The van der Waals surface area contributed by atoms with Crippen LogP contribution in [0.2, 0.25) is 0 Å². The highest BCUT2D eigenvalue weighted by Gasteiger charge is 2.28. The first-order valence-corrected chi connectivity index (χ1v) is 6.50. The molecule has 0 heterocycles. The fraction of sp³-hybridized carbons (Fsp3) is 0.467. The molecule has 1 rings (SSSR count). The molecule has 104 valence electrons. The van der Waals surface area contributed by atoms with Gasteiger partial charge in [-0.1, -0.05) is 37.3 Å². The van der Waals surface area contributed by atoms with Gasteiger partial charge in [-0.15, -0.1) is 0 Å². The number of Topliss-reactive ketones (excluding diaryl/α,β-unsaturated/α-hetero) is 1. The molecule has 1 aromatic rings. The molecule has 1 aromatic carbocycles. The lowest BCUT2D eigenvalue weighted by atomic mass is 9.97. The minimum absolute atomic E-state index is 0.0291. The van der Waals surface area contributed by atoms with Crippen LogP contribution in [0, 0.1) is 5.92 Å². The number of hydrogen-bond donors (Lipinski definition) is 1. The third-order valence-electron chi connectivity index (χ3n) is 3.05. The van der Waals surface area contributed by atoms with E-state index < -0.39 is 12.0 Å². The van der Waals surface area contributed by atoms with Crippen molar-refractivity contribution < 1.29 is 14.3 Å². The highest BCUT2D eigenvalue weighted by atomic mass is 16.5. The van der Waals surface area contributed by atoms with Gasteiger partial charge in [-0.3, -0.25) is 14.9 Å². The molecule has 0 bridgehead atoms. The van der Waals surface area contributed by atoms with Crippen molar-refractivity contribution in [3.05, 3.63) is 35.9 Å². The summed E-state index contributed by atoms with van der Waals surface area (Å²) in [6, 6.07) is 9.14. The first-order valence-electron chi connectivity index (χ1n) is 6.50. The molecule has 0 aliphatic rings. The lowest BCUT2D eigenvalue weighted by Gasteiger charge is -2.21. The maximum Gasteiger partial charge on any atom is 0.323 e. The van der Waals surface area contributed by atoms with Gasteiger partial charge in [-0.25, -0.2) is 0 Å². The van der Waals surface area contributed by atoms with Crippen molar-refractivity contribution in [3.63, 3.8) is 0 Å². The molecule has 0 aliphatic heterocycles. The van der Waals surface area contributed by atoms with Gasteiger partial charge in [0.05, 0.1) is 6.61 Å². The quantitative estimate of drug-likeness (QED) is 0.764. The monoisotopic (exact) mass is 263 g/mol. The van der Waals surface area contributed by atoms with Crippen LogP contribution in [0.1, 0.15) is 26.3 Å².